The zero-order valence-corrected chi connectivity index (χ0v) is 52.5. The second kappa shape index (κ2) is 49.7. The van der Waals surface area contributed by atoms with Gasteiger partial charge in [-0.3, -0.25) is 14.4 Å². The number of rotatable bonds is 36. The van der Waals surface area contributed by atoms with Gasteiger partial charge in [-0.2, -0.15) is 0 Å². The van der Waals surface area contributed by atoms with Crippen LogP contribution in [0.3, 0.4) is 0 Å². The maximum Gasteiger partial charge on any atom is 0.333 e. The van der Waals surface area contributed by atoms with E-state index in [2.05, 4.69) is 84.7 Å². The van der Waals surface area contributed by atoms with E-state index in [0.717, 1.165) is 48.6 Å². The molecule has 0 heterocycles. The van der Waals surface area contributed by atoms with Crippen molar-refractivity contribution in [2.45, 2.75) is 101 Å². The van der Waals surface area contributed by atoms with Gasteiger partial charge in [0.1, 0.15) is 51.7 Å². The van der Waals surface area contributed by atoms with Gasteiger partial charge >= 0.3 is 77.6 Å². The van der Waals surface area contributed by atoms with Crippen molar-refractivity contribution in [3.63, 3.8) is 0 Å². The van der Waals surface area contributed by atoms with Gasteiger partial charge in [0.2, 0.25) is 6.79 Å². The molecule has 2 atom stereocenters. The number of carbonyl (C=O) groups is 13. The molecule has 492 valence electrons. The van der Waals surface area contributed by atoms with E-state index < -0.39 is 113 Å². The molecule has 0 aliphatic heterocycles. The van der Waals surface area contributed by atoms with Crippen LogP contribution in [0.4, 0.5) is 0 Å². The van der Waals surface area contributed by atoms with E-state index in [1.54, 1.807) is 55.4 Å². The fourth-order valence-electron chi connectivity index (χ4n) is 4.33. The molecule has 0 fully saturated rings. The van der Waals surface area contributed by atoms with Gasteiger partial charge in [0.25, 0.3) is 0 Å². The molecule has 2 unspecified atom stereocenters. The Morgan fingerprint density at radius 1 is 0.375 bits per heavy atom. The fourth-order valence-corrected chi connectivity index (χ4v) is 4.33. The molecule has 0 N–H and O–H groups in total. The summed E-state index contributed by atoms with van der Waals surface area (Å²) in [5, 5.41) is 0. The predicted octanol–water partition coefficient (Wildman–Crippen LogP) is 6.86. The van der Waals surface area contributed by atoms with Gasteiger partial charge in [-0.25, -0.2) is 47.9 Å². The highest BCUT2D eigenvalue weighted by atomic mass is 16.7. The van der Waals surface area contributed by atoms with E-state index in [1.165, 1.54) is 13.8 Å². The molecule has 0 saturated heterocycles. The Balaban J connectivity index is -0.000000342. The van der Waals surface area contributed by atoms with E-state index >= 15 is 0 Å². The van der Waals surface area contributed by atoms with Crippen LogP contribution in [0.25, 0.3) is 0 Å². The number of esters is 13. The Morgan fingerprint density at radius 3 is 0.920 bits per heavy atom. The van der Waals surface area contributed by atoms with Crippen molar-refractivity contribution in [3.05, 3.63) is 126 Å². The van der Waals surface area contributed by atoms with Crippen molar-refractivity contribution in [1.82, 2.24) is 0 Å². The van der Waals surface area contributed by atoms with Crippen molar-refractivity contribution in [3.8, 4) is 0 Å². The summed E-state index contributed by atoms with van der Waals surface area (Å²) >= 11 is 0. The van der Waals surface area contributed by atoms with Crippen LogP contribution in [0.5, 0.6) is 0 Å². The third-order valence-electron chi connectivity index (χ3n) is 9.78. The van der Waals surface area contributed by atoms with Crippen LogP contribution in [0.1, 0.15) is 89.0 Å². The number of hydrogen-bond acceptors (Lipinski definition) is 26. The molecule has 0 aliphatic rings. The Labute approximate surface area is 515 Å². The molecule has 0 rings (SSSR count). The standard InChI is InChI=1S/C19H28O8.C18H28O6.C10H14O4.C8H10O4.C7H8O4/c1-7-14(20)24-10-18(3,4)12-26-16(22)9-17(23)27-13-19(5,6)11-25-15(21)8-2;1-8-18(9-22-15(19)12(2)3,10-23-16(20)13(4)5)11-24-17(21)14(6)7;1-5-9(11)13-7(3)8(4)14-10(12)6-2;1-3-7(9)11-5-6-12-8(10)4-2;1-3-6(8)10-5-11-7(9)4-2/h7-8H,1-2,9-13H2,3-6H3;14H,2,4,8-11H2,1,3,5-7H3;5-8H,1-2H2,3-4H3;3-4H,1-2,5-6H2;3-4H,1-2,5H2. The summed E-state index contributed by atoms with van der Waals surface area (Å²) < 4.78 is 62.9. The van der Waals surface area contributed by atoms with Crippen molar-refractivity contribution in [2.75, 3.05) is 66.3 Å². The first-order chi connectivity index (χ1) is 40.9. The number of ether oxygens (including phenoxy) is 13. The van der Waals surface area contributed by atoms with Gasteiger partial charge < -0.3 is 61.6 Å². The predicted molar refractivity (Wildman–Crippen MR) is 318 cm³/mol. The topological polar surface area (TPSA) is 342 Å². The van der Waals surface area contributed by atoms with Crippen molar-refractivity contribution in [2.24, 2.45) is 22.2 Å². The first-order valence-corrected chi connectivity index (χ1v) is 26.4. The van der Waals surface area contributed by atoms with Gasteiger partial charge in [0, 0.05) is 70.6 Å². The van der Waals surface area contributed by atoms with E-state index in [0.29, 0.717) is 6.42 Å². The molecule has 88 heavy (non-hydrogen) atoms. The Morgan fingerprint density at radius 2 is 0.648 bits per heavy atom. The molecule has 0 aliphatic carbocycles. The molecule has 26 nitrogen and oxygen atoms in total. The molecule has 0 saturated carbocycles. The Hall–Kier alpha value is -9.49. The summed E-state index contributed by atoms with van der Waals surface area (Å²) in [6, 6.07) is 0. The maximum atomic E-state index is 11.7. The van der Waals surface area contributed by atoms with E-state index in [-0.39, 0.29) is 82.5 Å². The first-order valence-electron chi connectivity index (χ1n) is 26.4. The summed E-state index contributed by atoms with van der Waals surface area (Å²) in [5.41, 5.74) is -1.53. The molecule has 0 spiro atoms. The van der Waals surface area contributed by atoms with Crippen LogP contribution >= 0.6 is 0 Å². The fraction of sp³-hybridized carbons (Fsp3) is 0.468. The summed E-state index contributed by atoms with van der Waals surface area (Å²) in [5.74, 6) is -7.82. The Kier molecular flexibility index (Phi) is 49.3. The van der Waals surface area contributed by atoms with Gasteiger partial charge in [0.05, 0.1) is 37.8 Å². The summed E-state index contributed by atoms with van der Waals surface area (Å²) in [6.45, 7) is 50.9. The van der Waals surface area contributed by atoms with E-state index in [4.69, 9.17) is 42.6 Å². The smallest absolute Gasteiger partial charge is 0.333 e. The minimum absolute atomic E-state index is 0.0204. The van der Waals surface area contributed by atoms with Gasteiger partial charge in [-0.15, -0.1) is 0 Å². The highest BCUT2D eigenvalue weighted by molar-refractivity contribution is 5.91. The van der Waals surface area contributed by atoms with Crippen LogP contribution in [0, 0.1) is 22.2 Å². The molecule has 0 radical (unpaired) electrons. The van der Waals surface area contributed by atoms with Crippen LogP contribution in [0.2, 0.25) is 0 Å². The molecular formula is C62H88O26. The highest BCUT2D eigenvalue weighted by Crippen LogP contribution is 2.26. The minimum Gasteiger partial charge on any atom is -0.465 e. The minimum atomic E-state index is -0.819. The lowest BCUT2D eigenvalue weighted by Crippen LogP contribution is -2.39. The van der Waals surface area contributed by atoms with E-state index in [1.807, 2.05) is 6.92 Å². The monoisotopic (exact) mass is 1250 g/mol. The SMILES string of the molecule is C=C(C)C(=O)OCC(CC)(COC(=O)C(=C)C)COC(=O)C(C)C.C=CC(=O)OC(C)C(C)OC(=O)C=C.C=CC(=O)OCC(C)(C)COC(=O)CC(=O)OCC(C)(C)COC(=O)C=C.C=CC(=O)OCCOC(=O)C=C.C=CC(=O)OCOC(=O)C=C. The Bertz CT molecular complexity index is 2290. The van der Waals surface area contributed by atoms with Crippen LogP contribution in [-0.2, 0) is 124 Å². The molecular weight excluding hydrogens is 1160 g/mol. The number of hydrogen-bond donors (Lipinski definition) is 0. The average molecular weight is 1250 g/mol. The lowest BCUT2D eigenvalue weighted by Gasteiger charge is -2.31. The van der Waals surface area contributed by atoms with Crippen molar-refractivity contribution in [1.29, 1.82) is 0 Å². The maximum absolute atomic E-state index is 11.7. The molecule has 0 amide bonds. The quantitative estimate of drug-likeness (QED) is 0.0154. The normalized spacial score (nSPS) is 10.7. The van der Waals surface area contributed by atoms with Gasteiger partial charge in [-0.05, 0) is 34.1 Å². The second-order valence-electron chi connectivity index (χ2n) is 19.7. The zero-order chi connectivity index (χ0) is 69.2. The molecule has 0 aromatic heterocycles. The molecule has 0 aromatic rings. The van der Waals surface area contributed by atoms with Gasteiger partial charge in [-0.1, -0.05) is 114 Å². The zero-order valence-electron chi connectivity index (χ0n) is 52.5. The third-order valence-corrected chi connectivity index (χ3v) is 9.78. The summed E-state index contributed by atoms with van der Waals surface area (Å²) in [6.07, 6.45) is 7.12. The lowest BCUT2D eigenvalue weighted by atomic mass is 9.88. The molecule has 0 bridgehead atoms. The van der Waals surface area contributed by atoms with Crippen LogP contribution < -0.4 is 0 Å². The highest BCUT2D eigenvalue weighted by Gasteiger charge is 2.35. The van der Waals surface area contributed by atoms with Crippen LogP contribution in [0.15, 0.2) is 126 Å². The first kappa shape index (κ1) is 87.3. The third kappa shape index (κ3) is 51.0. The summed E-state index contributed by atoms with van der Waals surface area (Å²) in [7, 11) is 0. The molecule has 26 heteroatoms. The second-order valence-corrected chi connectivity index (χ2v) is 19.7. The average Bonchev–Trinajstić information content (AvgIpc) is 3.49. The largest absolute Gasteiger partial charge is 0.465 e. The van der Waals surface area contributed by atoms with E-state index in [9.17, 15) is 62.3 Å². The lowest BCUT2D eigenvalue weighted by molar-refractivity contribution is -0.163. The van der Waals surface area contributed by atoms with Crippen molar-refractivity contribution < 1.29 is 124 Å². The number of carbonyl (C=O) groups excluding carboxylic acids is 13. The van der Waals surface area contributed by atoms with Crippen LogP contribution in [-0.4, -0.2) is 156 Å². The molecule has 0 aromatic carbocycles. The van der Waals surface area contributed by atoms with Gasteiger partial charge in [0.15, 0.2) is 0 Å². The summed E-state index contributed by atoms with van der Waals surface area (Å²) in [4.78, 5) is 144. The van der Waals surface area contributed by atoms with Crippen molar-refractivity contribution >= 4 is 77.6 Å².